The summed E-state index contributed by atoms with van der Waals surface area (Å²) in [6.07, 6.45) is 8.53. The minimum Gasteiger partial charge on any atom is -0.496 e. The van der Waals surface area contributed by atoms with Crippen molar-refractivity contribution in [2.45, 2.75) is 104 Å². The number of carbonyl (C=O) groups is 2. The van der Waals surface area contributed by atoms with Crippen LogP contribution in [-0.2, 0) is 35.3 Å². The van der Waals surface area contributed by atoms with E-state index in [0.29, 0.717) is 37.1 Å². The minimum absolute atomic E-state index is 0.000372. The molecule has 0 bridgehead atoms. The third-order valence-corrected chi connectivity index (χ3v) is 16.3. The lowest BCUT2D eigenvalue weighted by Gasteiger charge is -2.61. The zero-order valence-corrected chi connectivity index (χ0v) is 32.9. The molecule has 0 amide bonds. The molecule has 2 spiro atoms. The van der Waals surface area contributed by atoms with E-state index in [1.54, 1.807) is 7.11 Å². The summed E-state index contributed by atoms with van der Waals surface area (Å²) in [5.74, 6) is -0.514. The predicted molar refractivity (Wildman–Crippen MR) is 207 cm³/mol. The first-order chi connectivity index (χ1) is 26.4. The Morgan fingerprint density at radius 2 is 1.67 bits per heavy atom. The molecule has 55 heavy (non-hydrogen) atoms. The number of benzene rings is 2. The molecule has 10 atom stereocenters. The summed E-state index contributed by atoms with van der Waals surface area (Å²) in [6, 6.07) is 12.0. The molecular formula is C44H54N4O7. The molecule has 0 aromatic heterocycles. The first-order valence-electron chi connectivity index (χ1n) is 20.3. The number of hydrogen-bond acceptors (Lipinski definition) is 11. The van der Waals surface area contributed by atoms with Crippen LogP contribution in [0.15, 0.2) is 53.5 Å². The second-order valence-electron chi connectivity index (χ2n) is 18.1. The van der Waals surface area contributed by atoms with Gasteiger partial charge in [-0.25, -0.2) is 4.79 Å². The Bertz CT molecular complexity index is 2090. The zero-order valence-electron chi connectivity index (χ0n) is 32.9. The molecule has 2 aliphatic carbocycles. The van der Waals surface area contributed by atoms with Crippen LogP contribution in [0, 0.1) is 11.3 Å². The van der Waals surface area contributed by atoms with E-state index >= 15 is 4.79 Å². The maximum absolute atomic E-state index is 15.2. The van der Waals surface area contributed by atoms with E-state index in [-0.39, 0.29) is 30.4 Å². The van der Waals surface area contributed by atoms with Crippen LogP contribution in [-0.4, -0.2) is 122 Å². The van der Waals surface area contributed by atoms with Gasteiger partial charge in [-0.15, -0.1) is 0 Å². The number of esters is 2. The summed E-state index contributed by atoms with van der Waals surface area (Å²) in [5.41, 5.74) is -0.347. The number of para-hydroxylation sites is 1. The topological polar surface area (TPSA) is 124 Å². The van der Waals surface area contributed by atoms with Gasteiger partial charge in [-0.05, 0) is 87.2 Å². The molecule has 0 radical (unpaired) electrons. The fraction of sp³-hybridized carbons (Fsp3) is 0.614. The van der Waals surface area contributed by atoms with Gasteiger partial charge >= 0.3 is 11.9 Å². The molecule has 10 rings (SSSR count). The number of hydrogen-bond donors (Lipinski definition) is 2. The number of methoxy groups -OCH3 is 3. The van der Waals surface area contributed by atoms with E-state index in [2.05, 4.69) is 65.0 Å². The summed E-state index contributed by atoms with van der Waals surface area (Å²) < 4.78 is 17.8. The van der Waals surface area contributed by atoms with Crippen molar-refractivity contribution in [3.63, 3.8) is 0 Å². The van der Waals surface area contributed by atoms with E-state index in [1.165, 1.54) is 14.2 Å². The molecule has 2 aromatic carbocycles. The number of ether oxygens (including phenoxy) is 3. The normalized spacial score (nSPS) is 41.7. The molecule has 11 nitrogen and oxygen atoms in total. The monoisotopic (exact) mass is 750 g/mol. The molecule has 6 aliphatic heterocycles. The molecule has 6 heterocycles. The van der Waals surface area contributed by atoms with Crippen LogP contribution in [0.5, 0.6) is 5.75 Å². The van der Waals surface area contributed by atoms with Crippen molar-refractivity contribution in [1.29, 1.82) is 0 Å². The van der Waals surface area contributed by atoms with E-state index in [9.17, 15) is 15.0 Å². The summed E-state index contributed by atoms with van der Waals surface area (Å²) in [7, 11) is 6.45. The van der Waals surface area contributed by atoms with Gasteiger partial charge in [-0.3, -0.25) is 19.6 Å². The minimum atomic E-state index is -1.81. The first-order valence-corrected chi connectivity index (χ1v) is 20.3. The second-order valence-corrected chi connectivity index (χ2v) is 18.1. The number of anilines is 1. The number of likely N-dealkylation sites (N-methyl/N-ethyl adjacent to an activating group) is 1. The molecule has 2 aromatic rings. The quantitative estimate of drug-likeness (QED) is 0.329. The van der Waals surface area contributed by atoms with Crippen molar-refractivity contribution >= 4 is 29.0 Å². The van der Waals surface area contributed by atoms with E-state index in [1.807, 2.05) is 19.2 Å². The maximum Gasteiger partial charge on any atom is 0.340 e. The number of piperidine rings is 1. The lowest BCUT2D eigenvalue weighted by Crippen LogP contribution is -2.74. The highest BCUT2D eigenvalue weighted by Crippen LogP contribution is 2.69. The lowest BCUT2D eigenvalue weighted by atomic mass is 9.48. The summed E-state index contributed by atoms with van der Waals surface area (Å²) in [4.78, 5) is 41.8. The van der Waals surface area contributed by atoms with Gasteiger partial charge in [-0.1, -0.05) is 44.2 Å². The fourth-order valence-corrected chi connectivity index (χ4v) is 14.5. The van der Waals surface area contributed by atoms with Gasteiger partial charge in [0.05, 0.1) is 49.8 Å². The third kappa shape index (κ3) is 3.99. The van der Waals surface area contributed by atoms with Crippen molar-refractivity contribution in [2.24, 2.45) is 16.3 Å². The average Bonchev–Trinajstić information content (AvgIpc) is 3.94. The van der Waals surface area contributed by atoms with Gasteiger partial charge in [0.2, 0.25) is 0 Å². The number of aliphatic hydroxyl groups is 2. The number of fused-ring (bicyclic) bond motifs is 2. The largest absolute Gasteiger partial charge is 0.496 e. The Kier molecular flexibility index (Phi) is 7.40. The van der Waals surface area contributed by atoms with E-state index in [4.69, 9.17) is 19.2 Å². The van der Waals surface area contributed by atoms with Gasteiger partial charge in [0.25, 0.3) is 0 Å². The van der Waals surface area contributed by atoms with Gasteiger partial charge < -0.3 is 29.3 Å². The van der Waals surface area contributed by atoms with Crippen molar-refractivity contribution < 1.29 is 34.0 Å². The molecule has 3 saturated heterocycles. The van der Waals surface area contributed by atoms with Crippen LogP contribution in [0.3, 0.4) is 0 Å². The van der Waals surface area contributed by atoms with Crippen LogP contribution in [0.2, 0.25) is 0 Å². The number of aliphatic imine (C=N–C) groups is 1. The number of nitrogens with zero attached hydrogens (tertiary/aromatic N) is 4. The highest BCUT2D eigenvalue weighted by atomic mass is 16.5. The summed E-state index contributed by atoms with van der Waals surface area (Å²) >= 11 is 0. The van der Waals surface area contributed by atoms with Crippen LogP contribution in [0.1, 0.15) is 75.5 Å². The maximum atomic E-state index is 15.2. The van der Waals surface area contributed by atoms with Gasteiger partial charge in [0.15, 0.2) is 5.60 Å². The molecule has 3 unspecified atom stereocenters. The van der Waals surface area contributed by atoms with Gasteiger partial charge in [-0.2, -0.15) is 0 Å². The fourth-order valence-electron chi connectivity index (χ4n) is 14.5. The number of rotatable bonds is 6. The van der Waals surface area contributed by atoms with Crippen molar-refractivity contribution in [3.05, 3.63) is 65.2 Å². The molecule has 5 fully saturated rings. The Labute approximate surface area is 323 Å². The highest BCUT2D eigenvalue weighted by Gasteiger charge is 2.76. The highest BCUT2D eigenvalue weighted by molar-refractivity contribution is 6.21. The second kappa shape index (κ2) is 11.4. The van der Waals surface area contributed by atoms with Crippen molar-refractivity contribution in [2.75, 3.05) is 59.5 Å². The van der Waals surface area contributed by atoms with Crippen LogP contribution in [0.25, 0.3) is 0 Å². The molecule has 2 N–H and O–H groups in total. The van der Waals surface area contributed by atoms with Crippen molar-refractivity contribution in [3.8, 4) is 5.75 Å². The smallest absolute Gasteiger partial charge is 0.340 e. The zero-order chi connectivity index (χ0) is 38.5. The van der Waals surface area contributed by atoms with Crippen LogP contribution < -0.4 is 9.64 Å². The van der Waals surface area contributed by atoms with Crippen LogP contribution in [0.4, 0.5) is 11.4 Å². The molecule has 8 aliphatic rings. The Morgan fingerprint density at radius 1 is 0.909 bits per heavy atom. The van der Waals surface area contributed by atoms with E-state index in [0.717, 1.165) is 67.1 Å². The summed E-state index contributed by atoms with van der Waals surface area (Å²) in [6.45, 7) is 7.20. The Morgan fingerprint density at radius 3 is 2.40 bits per heavy atom. The SMILES string of the molecule is CC[C@]1(O)CC2CC(C(=O)OC)(c3cc4c(cc3OC)N(C)C3[C@]45CCN4CC=C[C@](CC)(C[C@]3(O)C(=O)OC)[C@H]45)C3=Nc4ccccc4[C@@]34CCN(C1)[C@H]24. The molecular weight excluding hydrogens is 697 g/mol. The van der Waals surface area contributed by atoms with Crippen LogP contribution >= 0.6 is 0 Å². The lowest BCUT2D eigenvalue weighted by molar-refractivity contribution is -0.181. The predicted octanol–water partition coefficient (Wildman–Crippen LogP) is 4.17. The van der Waals surface area contributed by atoms with E-state index < -0.39 is 44.9 Å². The standard InChI is InChI=1S/C44H54N4O7/c1-7-39-14-11-17-47-18-16-42(35(39)47)28-20-29(32(53-4)21-31(28)46(3)36(42)44(52,24-39)38(50)55-6)43(37(49)54-5)23-26-22-40(51,8-2)25-48-19-15-41(33(26)48)27-12-9-10-13-30(27)45-34(41)43/h9-14,20-21,26,33,35-36,51-52H,7-8,15-19,22-25H2,1-6H3/t26?,33-,35+,36?,39-,40+,41-,42-,43?,44-/m1/s1. The first kappa shape index (κ1) is 35.6. The number of carbonyl (C=O) groups excluding carboxylic acids is 2. The third-order valence-electron chi connectivity index (χ3n) is 16.3. The van der Waals surface area contributed by atoms with Crippen molar-refractivity contribution in [1.82, 2.24) is 9.80 Å². The molecule has 2 saturated carbocycles. The Balaban J connectivity index is 1.26. The Hall–Kier alpha value is -3.77. The van der Waals surface area contributed by atoms with Gasteiger partial charge in [0, 0.05) is 60.4 Å². The molecule has 292 valence electrons. The molecule has 11 heteroatoms. The van der Waals surface area contributed by atoms with Gasteiger partial charge in [0.1, 0.15) is 11.2 Å². The average molecular weight is 751 g/mol. The summed E-state index contributed by atoms with van der Waals surface area (Å²) in [5, 5.41) is 24.9.